The topological polar surface area (TPSA) is 84.4 Å². The van der Waals surface area contributed by atoms with Gasteiger partial charge in [0.25, 0.3) is 0 Å². The maximum absolute atomic E-state index is 12.2. The lowest BCUT2D eigenvalue weighted by molar-refractivity contribution is 0.0493. The SMILES string of the molecule is CCNC(=NCC(NC(=O)OC(C)(C)C)C(C)C)N1CCC(COCCOC)C1.I. The summed E-state index contributed by atoms with van der Waals surface area (Å²) in [6, 6.07) is -0.0886. The van der Waals surface area contributed by atoms with E-state index in [0.29, 0.717) is 25.7 Å². The van der Waals surface area contributed by atoms with Crippen LogP contribution in [-0.4, -0.2) is 81.7 Å². The molecule has 1 heterocycles. The molecule has 0 saturated carbocycles. The number of halogens is 1. The molecule has 0 radical (unpaired) electrons. The number of nitrogens with one attached hydrogen (secondary N) is 2. The number of carbonyl (C=O) groups excluding carboxylic acids is 1. The summed E-state index contributed by atoms with van der Waals surface area (Å²) in [5.41, 5.74) is -0.514. The third-order valence-electron chi connectivity index (χ3n) is 4.65. The van der Waals surface area contributed by atoms with Crippen molar-refractivity contribution in [3.05, 3.63) is 0 Å². The van der Waals surface area contributed by atoms with Crippen LogP contribution in [0, 0.1) is 11.8 Å². The summed E-state index contributed by atoms with van der Waals surface area (Å²) >= 11 is 0. The van der Waals surface area contributed by atoms with Gasteiger partial charge in [-0.05, 0) is 40.0 Å². The van der Waals surface area contributed by atoms with Crippen molar-refractivity contribution in [2.45, 2.75) is 59.6 Å². The van der Waals surface area contributed by atoms with Crippen molar-refractivity contribution in [3.8, 4) is 0 Å². The lowest BCUT2D eigenvalue weighted by atomic mass is 10.1. The molecule has 8 nitrogen and oxygen atoms in total. The minimum Gasteiger partial charge on any atom is -0.444 e. The molecule has 178 valence electrons. The molecule has 30 heavy (non-hydrogen) atoms. The summed E-state index contributed by atoms with van der Waals surface area (Å²) in [6.07, 6.45) is 0.687. The molecule has 2 atom stereocenters. The number of guanidine groups is 1. The van der Waals surface area contributed by atoms with E-state index in [-0.39, 0.29) is 35.9 Å². The molecular weight excluding hydrogens is 499 g/mol. The molecule has 0 aromatic heterocycles. The largest absolute Gasteiger partial charge is 0.444 e. The standard InChI is InChI=1S/C21H42N4O4.HI/c1-8-22-19(25-10-9-17(14-25)15-28-12-11-27-7)23-13-18(16(2)3)24-20(26)29-21(4,5)6;/h16-18H,8-15H2,1-7H3,(H,22,23)(H,24,26);1H. The number of carbonyl (C=O) groups is 1. The Bertz CT molecular complexity index is 512. The number of likely N-dealkylation sites (tertiary alicyclic amines) is 1. The molecule has 0 aliphatic carbocycles. The van der Waals surface area contributed by atoms with Crippen LogP contribution in [0.5, 0.6) is 0 Å². The van der Waals surface area contributed by atoms with Crippen LogP contribution in [0.3, 0.4) is 0 Å². The van der Waals surface area contributed by atoms with Gasteiger partial charge in [0.15, 0.2) is 5.96 Å². The first-order chi connectivity index (χ1) is 13.7. The second kappa shape index (κ2) is 15.1. The smallest absolute Gasteiger partial charge is 0.407 e. The third-order valence-corrected chi connectivity index (χ3v) is 4.65. The van der Waals surface area contributed by atoms with Crippen LogP contribution in [0.4, 0.5) is 4.79 Å². The van der Waals surface area contributed by atoms with Gasteiger partial charge in [-0.15, -0.1) is 24.0 Å². The van der Waals surface area contributed by atoms with Gasteiger partial charge >= 0.3 is 6.09 Å². The van der Waals surface area contributed by atoms with Gasteiger partial charge in [-0.25, -0.2) is 4.79 Å². The minimum absolute atomic E-state index is 0. The summed E-state index contributed by atoms with van der Waals surface area (Å²) in [7, 11) is 1.68. The van der Waals surface area contributed by atoms with Crippen LogP contribution in [0.2, 0.25) is 0 Å². The second-order valence-electron chi connectivity index (χ2n) is 8.86. The molecule has 0 aromatic rings. The van der Waals surface area contributed by atoms with Crippen LogP contribution in [-0.2, 0) is 14.2 Å². The highest BCUT2D eigenvalue weighted by atomic mass is 127. The van der Waals surface area contributed by atoms with E-state index >= 15 is 0 Å². The first-order valence-corrected chi connectivity index (χ1v) is 10.8. The van der Waals surface area contributed by atoms with Crippen molar-refractivity contribution in [2.24, 2.45) is 16.8 Å². The van der Waals surface area contributed by atoms with Crippen LogP contribution in [0.15, 0.2) is 4.99 Å². The molecule has 9 heteroatoms. The van der Waals surface area contributed by atoms with E-state index in [1.54, 1.807) is 7.11 Å². The molecule has 0 bridgehead atoms. The summed E-state index contributed by atoms with van der Waals surface area (Å²) in [5.74, 6) is 1.63. The fourth-order valence-electron chi connectivity index (χ4n) is 3.05. The lowest BCUT2D eigenvalue weighted by Crippen LogP contribution is -2.45. The fourth-order valence-corrected chi connectivity index (χ4v) is 3.05. The predicted octanol–water partition coefficient (Wildman–Crippen LogP) is 3.10. The average molecular weight is 543 g/mol. The number of amides is 1. The molecule has 1 rings (SSSR count). The predicted molar refractivity (Wildman–Crippen MR) is 132 cm³/mol. The zero-order valence-electron chi connectivity index (χ0n) is 19.8. The number of ether oxygens (including phenoxy) is 3. The molecule has 1 amide bonds. The maximum Gasteiger partial charge on any atom is 0.407 e. The average Bonchev–Trinajstić information content (AvgIpc) is 3.08. The van der Waals surface area contributed by atoms with Crippen LogP contribution in [0.1, 0.15) is 48.0 Å². The number of alkyl carbamates (subject to hydrolysis) is 1. The van der Waals surface area contributed by atoms with Gasteiger partial charge in [0.05, 0.1) is 32.4 Å². The number of methoxy groups -OCH3 is 1. The maximum atomic E-state index is 12.2. The van der Waals surface area contributed by atoms with Gasteiger partial charge in [-0.3, -0.25) is 4.99 Å². The quantitative estimate of drug-likeness (QED) is 0.191. The highest BCUT2D eigenvalue weighted by molar-refractivity contribution is 14.0. The first kappa shape index (κ1) is 29.2. The molecule has 1 saturated heterocycles. The van der Waals surface area contributed by atoms with Crippen LogP contribution >= 0.6 is 24.0 Å². The third kappa shape index (κ3) is 12.1. The van der Waals surface area contributed by atoms with E-state index in [2.05, 4.69) is 36.3 Å². The molecule has 1 aliphatic rings. The van der Waals surface area contributed by atoms with Gasteiger partial charge in [0.1, 0.15) is 5.60 Å². The molecule has 2 unspecified atom stereocenters. The van der Waals surface area contributed by atoms with Gasteiger partial charge in [0.2, 0.25) is 0 Å². The number of hydrogen-bond acceptors (Lipinski definition) is 5. The van der Waals surface area contributed by atoms with E-state index < -0.39 is 11.7 Å². The molecule has 1 aliphatic heterocycles. The molecule has 0 spiro atoms. The number of hydrogen-bond donors (Lipinski definition) is 2. The van der Waals surface area contributed by atoms with Crippen LogP contribution < -0.4 is 10.6 Å². The van der Waals surface area contributed by atoms with E-state index in [0.717, 1.165) is 38.6 Å². The monoisotopic (exact) mass is 542 g/mol. The first-order valence-electron chi connectivity index (χ1n) is 10.8. The highest BCUT2D eigenvalue weighted by Gasteiger charge is 2.26. The van der Waals surface area contributed by atoms with Gasteiger partial charge in [-0.1, -0.05) is 13.8 Å². The molecule has 2 N–H and O–H groups in total. The van der Waals surface area contributed by atoms with Crippen molar-refractivity contribution in [2.75, 3.05) is 53.1 Å². The number of nitrogens with zero attached hydrogens (tertiary/aromatic N) is 2. The zero-order chi connectivity index (χ0) is 21.9. The Morgan fingerprint density at radius 3 is 2.53 bits per heavy atom. The van der Waals surface area contributed by atoms with Gasteiger partial charge in [-0.2, -0.15) is 0 Å². The normalized spacial score (nSPS) is 18.2. The second-order valence-corrected chi connectivity index (χ2v) is 8.86. The van der Waals surface area contributed by atoms with E-state index in [1.165, 1.54) is 0 Å². The summed E-state index contributed by atoms with van der Waals surface area (Å²) in [5, 5.41) is 6.34. The van der Waals surface area contributed by atoms with E-state index in [4.69, 9.17) is 19.2 Å². The van der Waals surface area contributed by atoms with Crippen molar-refractivity contribution in [1.29, 1.82) is 0 Å². The Morgan fingerprint density at radius 1 is 1.27 bits per heavy atom. The highest BCUT2D eigenvalue weighted by Crippen LogP contribution is 2.17. The summed E-state index contributed by atoms with van der Waals surface area (Å²) < 4.78 is 16.1. The van der Waals surface area contributed by atoms with Gasteiger partial charge in [0, 0.05) is 32.7 Å². The minimum atomic E-state index is -0.514. The lowest BCUT2D eigenvalue weighted by Gasteiger charge is -2.26. The van der Waals surface area contributed by atoms with Gasteiger partial charge < -0.3 is 29.7 Å². The number of rotatable bonds is 10. The Balaban J connectivity index is 0.00000841. The van der Waals surface area contributed by atoms with E-state index in [9.17, 15) is 4.79 Å². The van der Waals surface area contributed by atoms with Crippen molar-refractivity contribution in [3.63, 3.8) is 0 Å². The Labute approximate surface area is 199 Å². The molecular formula is C21H43IN4O4. The van der Waals surface area contributed by atoms with E-state index in [1.807, 2.05) is 20.8 Å². The summed E-state index contributed by atoms with van der Waals surface area (Å²) in [6.45, 7) is 17.0. The van der Waals surface area contributed by atoms with Crippen LogP contribution in [0.25, 0.3) is 0 Å². The number of aliphatic imine (C=N–C) groups is 1. The molecule has 0 aromatic carbocycles. The van der Waals surface area contributed by atoms with Crippen molar-refractivity contribution in [1.82, 2.24) is 15.5 Å². The van der Waals surface area contributed by atoms with Crippen molar-refractivity contribution < 1.29 is 19.0 Å². The Kier molecular flexibility index (Phi) is 14.7. The Morgan fingerprint density at radius 2 is 1.97 bits per heavy atom. The van der Waals surface area contributed by atoms with Crippen molar-refractivity contribution >= 4 is 36.0 Å². The Hall–Kier alpha value is -0.810. The fraction of sp³-hybridized carbons (Fsp3) is 0.905. The zero-order valence-corrected chi connectivity index (χ0v) is 22.2. The summed E-state index contributed by atoms with van der Waals surface area (Å²) in [4.78, 5) is 19.2. The molecule has 1 fully saturated rings.